The second-order valence-corrected chi connectivity index (χ2v) is 3.77. The Hall–Kier alpha value is -2.37. The maximum atomic E-state index is 12.4. The van der Waals surface area contributed by atoms with E-state index in [0.29, 0.717) is 23.4 Å². The van der Waals surface area contributed by atoms with Gasteiger partial charge in [0.05, 0.1) is 23.1 Å². The van der Waals surface area contributed by atoms with Gasteiger partial charge in [-0.25, -0.2) is 0 Å². The van der Waals surface area contributed by atoms with E-state index in [1.54, 1.807) is 12.1 Å². The lowest BCUT2D eigenvalue weighted by atomic mass is 10.1. The minimum Gasteiger partial charge on any atom is -0.327 e. The highest BCUT2D eigenvalue weighted by atomic mass is 19.4. The lowest BCUT2D eigenvalue weighted by molar-refractivity contribution is -0.137. The van der Waals surface area contributed by atoms with Crippen molar-refractivity contribution in [3.8, 4) is 11.3 Å². The predicted octanol–water partition coefficient (Wildman–Crippen LogP) is 3.34. The van der Waals surface area contributed by atoms with E-state index < -0.39 is 11.7 Å². The number of aromatic nitrogens is 1. The molecule has 0 saturated carbocycles. The summed E-state index contributed by atoms with van der Waals surface area (Å²) in [5.41, 5.74) is 0.928. The number of halogens is 3. The fraction of sp³-hybridized carbons (Fsp3) is 0.0769. The first kappa shape index (κ1) is 13.1. The Bertz CT molecular complexity index is 562. The molecule has 0 unspecified atom stereocenters. The van der Waals surface area contributed by atoms with Gasteiger partial charge in [0.25, 0.3) is 0 Å². The van der Waals surface area contributed by atoms with E-state index in [2.05, 4.69) is 10.3 Å². The van der Waals surface area contributed by atoms with Crippen LogP contribution in [-0.4, -0.2) is 11.4 Å². The molecule has 0 spiro atoms. The molecule has 0 saturated heterocycles. The summed E-state index contributed by atoms with van der Waals surface area (Å²) in [5, 5.41) is 2.42. The molecule has 6 heteroatoms. The first-order valence-electron chi connectivity index (χ1n) is 5.34. The Morgan fingerprint density at radius 3 is 2.21 bits per heavy atom. The zero-order valence-corrected chi connectivity index (χ0v) is 9.61. The number of carbonyl (C=O) groups is 1. The van der Waals surface area contributed by atoms with Crippen LogP contribution >= 0.6 is 0 Å². The minimum absolute atomic E-state index is 0.519. The van der Waals surface area contributed by atoms with Crippen molar-refractivity contribution >= 4 is 12.1 Å². The Morgan fingerprint density at radius 2 is 1.74 bits per heavy atom. The highest BCUT2D eigenvalue weighted by Crippen LogP contribution is 2.30. The molecule has 2 aromatic rings. The smallest absolute Gasteiger partial charge is 0.327 e. The molecule has 1 N–H and O–H groups in total. The summed E-state index contributed by atoms with van der Waals surface area (Å²) >= 11 is 0. The summed E-state index contributed by atoms with van der Waals surface area (Å²) in [6, 6.07) is 7.97. The number of pyridine rings is 1. The van der Waals surface area contributed by atoms with Crippen molar-refractivity contribution in [1.82, 2.24) is 4.98 Å². The van der Waals surface area contributed by atoms with E-state index in [1.165, 1.54) is 18.3 Å². The molecule has 2 rings (SSSR count). The maximum absolute atomic E-state index is 12.4. The van der Waals surface area contributed by atoms with Crippen LogP contribution in [0.1, 0.15) is 5.56 Å². The van der Waals surface area contributed by atoms with Gasteiger partial charge in [-0.05, 0) is 24.3 Å². The van der Waals surface area contributed by atoms with Gasteiger partial charge < -0.3 is 5.32 Å². The molecule has 0 bridgehead atoms. The van der Waals surface area contributed by atoms with Gasteiger partial charge in [-0.2, -0.15) is 13.2 Å². The lowest BCUT2D eigenvalue weighted by Crippen LogP contribution is -2.04. The molecule has 3 nitrogen and oxygen atoms in total. The molecule has 0 aliphatic rings. The third-order valence-electron chi connectivity index (χ3n) is 2.50. The molecule has 0 aliphatic carbocycles. The quantitative estimate of drug-likeness (QED) is 0.866. The Balaban J connectivity index is 2.24. The van der Waals surface area contributed by atoms with E-state index in [1.807, 2.05) is 0 Å². The normalized spacial score (nSPS) is 11.1. The third kappa shape index (κ3) is 3.09. The van der Waals surface area contributed by atoms with Crippen LogP contribution in [0.2, 0.25) is 0 Å². The maximum Gasteiger partial charge on any atom is 0.416 e. The SMILES string of the molecule is O=CNc1ccc(-c2ccc(C(F)(F)F)cc2)nc1. The van der Waals surface area contributed by atoms with E-state index in [-0.39, 0.29) is 0 Å². The van der Waals surface area contributed by atoms with Crippen molar-refractivity contribution in [3.05, 3.63) is 48.2 Å². The predicted molar refractivity (Wildman–Crippen MR) is 64.4 cm³/mol. The Kier molecular flexibility index (Phi) is 3.50. The molecule has 0 aliphatic heterocycles. The number of anilines is 1. The molecule has 19 heavy (non-hydrogen) atoms. The number of benzene rings is 1. The van der Waals surface area contributed by atoms with Crippen molar-refractivity contribution in [1.29, 1.82) is 0 Å². The van der Waals surface area contributed by atoms with Crippen molar-refractivity contribution in [2.75, 3.05) is 5.32 Å². The molecule has 98 valence electrons. The van der Waals surface area contributed by atoms with Crippen molar-refractivity contribution in [2.24, 2.45) is 0 Å². The van der Waals surface area contributed by atoms with Crippen LogP contribution in [0.3, 0.4) is 0 Å². The molecule has 0 radical (unpaired) electrons. The van der Waals surface area contributed by atoms with Gasteiger partial charge in [0.15, 0.2) is 0 Å². The van der Waals surface area contributed by atoms with E-state index in [4.69, 9.17) is 0 Å². The van der Waals surface area contributed by atoms with Crippen LogP contribution in [0.15, 0.2) is 42.6 Å². The number of hydrogen-bond acceptors (Lipinski definition) is 2. The average molecular weight is 266 g/mol. The van der Waals surface area contributed by atoms with Crippen molar-refractivity contribution < 1.29 is 18.0 Å². The molecule has 0 fully saturated rings. The van der Waals surface area contributed by atoms with Gasteiger partial charge >= 0.3 is 6.18 Å². The summed E-state index contributed by atoms with van der Waals surface area (Å²) in [7, 11) is 0. The second-order valence-electron chi connectivity index (χ2n) is 3.77. The molecule has 1 aromatic carbocycles. The van der Waals surface area contributed by atoms with E-state index >= 15 is 0 Å². The molecule has 1 heterocycles. The number of nitrogens with one attached hydrogen (secondary N) is 1. The van der Waals surface area contributed by atoms with Gasteiger partial charge in [0.1, 0.15) is 0 Å². The zero-order valence-electron chi connectivity index (χ0n) is 9.61. The number of rotatable bonds is 3. The zero-order chi connectivity index (χ0) is 13.9. The summed E-state index contributed by atoms with van der Waals surface area (Å²) in [6.45, 7) is 0. The highest BCUT2D eigenvalue weighted by Gasteiger charge is 2.29. The molecular formula is C13H9F3N2O. The fourth-order valence-corrected chi connectivity index (χ4v) is 1.55. The summed E-state index contributed by atoms with van der Waals surface area (Å²) in [5.74, 6) is 0. The number of nitrogens with zero attached hydrogens (tertiary/aromatic N) is 1. The van der Waals surface area contributed by atoms with Gasteiger partial charge in [-0.3, -0.25) is 9.78 Å². The van der Waals surface area contributed by atoms with Crippen molar-refractivity contribution in [2.45, 2.75) is 6.18 Å². The largest absolute Gasteiger partial charge is 0.416 e. The van der Waals surface area contributed by atoms with Gasteiger partial charge in [0, 0.05) is 5.56 Å². The fourth-order valence-electron chi connectivity index (χ4n) is 1.55. The Morgan fingerprint density at radius 1 is 1.05 bits per heavy atom. The Labute approximate surface area is 107 Å². The van der Waals surface area contributed by atoms with Crippen LogP contribution in [0.25, 0.3) is 11.3 Å². The third-order valence-corrected chi connectivity index (χ3v) is 2.50. The van der Waals surface area contributed by atoms with Crippen LogP contribution in [0, 0.1) is 0 Å². The molecule has 0 atom stereocenters. The number of alkyl halides is 3. The second kappa shape index (κ2) is 5.09. The first-order chi connectivity index (χ1) is 9.00. The highest BCUT2D eigenvalue weighted by molar-refractivity contribution is 5.71. The molecule has 1 aromatic heterocycles. The summed E-state index contributed by atoms with van der Waals surface area (Å²) < 4.78 is 37.2. The first-order valence-corrected chi connectivity index (χ1v) is 5.34. The number of hydrogen-bond donors (Lipinski definition) is 1. The van der Waals surface area contributed by atoms with Crippen LogP contribution < -0.4 is 5.32 Å². The van der Waals surface area contributed by atoms with E-state index in [9.17, 15) is 18.0 Å². The van der Waals surface area contributed by atoms with Crippen molar-refractivity contribution in [3.63, 3.8) is 0 Å². The van der Waals surface area contributed by atoms with Gasteiger partial charge in [-0.15, -0.1) is 0 Å². The minimum atomic E-state index is -4.34. The standard InChI is InChI=1S/C13H9F3N2O/c14-13(15,16)10-3-1-9(2-4-10)12-6-5-11(7-17-12)18-8-19/h1-8H,(H,18,19). The topological polar surface area (TPSA) is 42.0 Å². The number of amides is 1. The van der Waals surface area contributed by atoms with Gasteiger partial charge in [0.2, 0.25) is 6.41 Å². The summed E-state index contributed by atoms with van der Waals surface area (Å²) in [6.07, 6.45) is -2.39. The summed E-state index contributed by atoms with van der Waals surface area (Å²) in [4.78, 5) is 14.3. The average Bonchev–Trinajstić information content (AvgIpc) is 2.39. The lowest BCUT2D eigenvalue weighted by Gasteiger charge is -2.07. The number of carbonyl (C=O) groups excluding carboxylic acids is 1. The molecular weight excluding hydrogens is 257 g/mol. The van der Waals surface area contributed by atoms with Crippen LogP contribution in [-0.2, 0) is 11.0 Å². The van der Waals surface area contributed by atoms with Gasteiger partial charge in [-0.1, -0.05) is 12.1 Å². The van der Waals surface area contributed by atoms with E-state index in [0.717, 1.165) is 12.1 Å². The van der Waals surface area contributed by atoms with Crippen LogP contribution in [0.4, 0.5) is 18.9 Å². The van der Waals surface area contributed by atoms with Crippen LogP contribution in [0.5, 0.6) is 0 Å². The monoisotopic (exact) mass is 266 g/mol. The molecule has 1 amide bonds.